The summed E-state index contributed by atoms with van der Waals surface area (Å²) in [7, 11) is 0. The van der Waals surface area contributed by atoms with Gasteiger partial charge in [0, 0.05) is 12.3 Å². The van der Waals surface area contributed by atoms with E-state index in [0.29, 0.717) is 22.8 Å². The van der Waals surface area contributed by atoms with E-state index < -0.39 is 5.82 Å². The predicted molar refractivity (Wildman–Crippen MR) is 70.5 cm³/mol. The molecule has 3 aromatic rings. The Balaban J connectivity index is 2.06. The Hall–Kier alpha value is -2.63. The van der Waals surface area contributed by atoms with Crippen LogP contribution in [-0.2, 0) is 0 Å². The van der Waals surface area contributed by atoms with Crippen molar-refractivity contribution in [3.63, 3.8) is 0 Å². The molecule has 0 N–H and O–H groups in total. The van der Waals surface area contributed by atoms with Crippen molar-refractivity contribution < 1.29 is 8.78 Å². The second kappa shape index (κ2) is 4.80. The maximum atomic E-state index is 13.3. The Morgan fingerprint density at radius 3 is 2.70 bits per heavy atom. The number of fused-ring (bicyclic) bond motifs is 1. The van der Waals surface area contributed by atoms with Crippen molar-refractivity contribution in [2.75, 3.05) is 0 Å². The quantitative estimate of drug-likeness (QED) is 0.640. The van der Waals surface area contributed by atoms with Gasteiger partial charge in [0.05, 0.1) is 11.4 Å². The van der Waals surface area contributed by atoms with E-state index in [0.717, 1.165) is 0 Å². The minimum absolute atomic E-state index is 0.385. The lowest BCUT2D eigenvalue weighted by Gasteiger charge is -1.97. The number of rotatable bonds is 2. The summed E-state index contributed by atoms with van der Waals surface area (Å²) in [5.41, 5.74) is 1.59. The first-order valence-corrected chi connectivity index (χ1v) is 5.95. The maximum absolute atomic E-state index is 13.3. The van der Waals surface area contributed by atoms with Crippen molar-refractivity contribution in [1.29, 1.82) is 0 Å². The molecule has 2 heterocycles. The smallest absolute Gasteiger partial charge is 0.182 e. The number of hydrogen-bond acceptors (Lipinski definition) is 3. The highest BCUT2D eigenvalue weighted by molar-refractivity contribution is 5.51. The summed E-state index contributed by atoms with van der Waals surface area (Å²) >= 11 is 0. The third kappa shape index (κ3) is 2.27. The Kier molecular flexibility index (Phi) is 2.98. The van der Waals surface area contributed by atoms with Gasteiger partial charge in [0.25, 0.3) is 0 Å². The third-order valence-corrected chi connectivity index (χ3v) is 2.79. The number of imidazole rings is 1. The average Bonchev–Trinajstić information content (AvgIpc) is 2.72. The van der Waals surface area contributed by atoms with Gasteiger partial charge in [0.2, 0.25) is 0 Å². The molecule has 3 rings (SSSR count). The van der Waals surface area contributed by atoms with Crippen LogP contribution in [0.25, 0.3) is 5.65 Å². The molecule has 4 nitrogen and oxygen atoms in total. The summed E-state index contributed by atoms with van der Waals surface area (Å²) < 4.78 is 27.8. The average molecular weight is 272 g/mol. The van der Waals surface area contributed by atoms with Crippen molar-refractivity contribution in [2.24, 2.45) is 10.2 Å². The van der Waals surface area contributed by atoms with Gasteiger partial charge in [-0.3, -0.25) is 4.40 Å². The molecule has 0 radical (unpaired) electrons. The summed E-state index contributed by atoms with van der Waals surface area (Å²) in [5, 5.41) is 7.99. The zero-order valence-corrected chi connectivity index (χ0v) is 10.6. The minimum Gasteiger partial charge on any atom is -0.280 e. The molecule has 0 saturated heterocycles. The molecule has 0 unspecified atom stereocenters. The van der Waals surface area contributed by atoms with E-state index in [1.807, 2.05) is 0 Å². The van der Waals surface area contributed by atoms with Crippen molar-refractivity contribution in [2.45, 2.75) is 6.92 Å². The maximum Gasteiger partial charge on any atom is 0.182 e. The highest BCUT2D eigenvalue weighted by atomic mass is 19.1. The first-order chi connectivity index (χ1) is 9.63. The first kappa shape index (κ1) is 12.4. The van der Waals surface area contributed by atoms with E-state index in [4.69, 9.17) is 0 Å². The molecular weight excluding hydrogens is 262 g/mol. The largest absolute Gasteiger partial charge is 0.280 e. The first-order valence-electron chi connectivity index (χ1n) is 5.95. The van der Waals surface area contributed by atoms with Crippen LogP contribution in [0.15, 0.2) is 52.8 Å². The minimum atomic E-state index is -0.392. The highest BCUT2D eigenvalue weighted by Gasteiger charge is 2.08. The fourth-order valence-electron chi connectivity index (χ4n) is 1.89. The van der Waals surface area contributed by atoms with Crippen LogP contribution >= 0.6 is 0 Å². The normalized spacial score (nSPS) is 11.6. The van der Waals surface area contributed by atoms with Gasteiger partial charge in [-0.1, -0.05) is 6.07 Å². The van der Waals surface area contributed by atoms with Gasteiger partial charge >= 0.3 is 0 Å². The van der Waals surface area contributed by atoms with Gasteiger partial charge in [-0.25, -0.2) is 13.8 Å². The van der Waals surface area contributed by atoms with Crippen LogP contribution in [0.4, 0.5) is 20.3 Å². The predicted octanol–water partition coefficient (Wildman–Crippen LogP) is 4.34. The number of nitrogens with zero attached hydrogens (tertiary/aromatic N) is 4. The molecule has 1 aromatic carbocycles. The molecule has 0 saturated carbocycles. The van der Waals surface area contributed by atoms with E-state index in [9.17, 15) is 8.78 Å². The molecule has 0 atom stereocenters. The van der Waals surface area contributed by atoms with E-state index in [2.05, 4.69) is 15.2 Å². The molecule has 0 bridgehead atoms. The number of azo groups is 1. The molecule has 20 heavy (non-hydrogen) atoms. The van der Waals surface area contributed by atoms with Gasteiger partial charge < -0.3 is 0 Å². The Morgan fingerprint density at radius 1 is 1.05 bits per heavy atom. The molecule has 0 aliphatic carbocycles. The van der Waals surface area contributed by atoms with Crippen molar-refractivity contribution >= 4 is 17.2 Å². The summed E-state index contributed by atoms with van der Waals surface area (Å²) in [6.45, 7) is 1.75. The van der Waals surface area contributed by atoms with E-state index in [1.54, 1.807) is 25.1 Å². The van der Waals surface area contributed by atoms with Crippen molar-refractivity contribution in [1.82, 2.24) is 9.38 Å². The standard InChI is InChI=1S/C14H10F2N4/c1-9-14(19-18-12-4-2-3-10(15)7-12)20-8-11(16)5-6-13(20)17-9/h2-8H,1H3. The molecule has 0 fully saturated rings. The number of halogens is 2. The fourth-order valence-corrected chi connectivity index (χ4v) is 1.89. The van der Waals surface area contributed by atoms with E-state index >= 15 is 0 Å². The van der Waals surface area contributed by atoms with Crippen molar-refractivity contribution in [3.8, 4) is 0 Å². The number of aromatic nitrogens is 2. The van der Waals surface area contributed by atoms with Crippen LogP contribution in [0.5, 0.6) is 0 Å². The second-order valence-corrected chi connectivity index (χ2v) is 4.28. The Labute approximate surface area is 113 Å². The molecule has 0 amide bonds. The topological polar surface area (TPSA) is 42.0 Å². The molecule has 2 aromatic heterocycles. The van der Waals surface area contributed by atoms with Gasteiger partial charge in [-0.2, -0.15) is 0 Å². The monoisotopic (exact) mass is 272 g/mol. The van der Waals surface area contributed by atoms with Gasteiger partial charge in [0.15, 0.2) is 5.82 Å². The summed E-state index contributed by atoms with van der Waals surface area (Å²) in [6, 6.07) is 8.66. The zero-order chi connectivity index (χ0) is 14.1. The molecule has 0 spiro atoms. The highest BCUT2D eigenvalue weighted by Crippen LogP contribution is 2.24. The summed E-state index contributed by atoms with van der Waals surface area (Å²) in [4.78, 5) is 4.25. The summed E-state index contributed by atoms with van der Waals surface area (Å²) in [5.74, 6) is -0.358. The van der Waals surface area contributed by atoms with Gasteiger partial charge in [0.1, 0.15) is 17.3 Å². The Bertz CT molecular complexity index is 808. The lowest BCUT2D eigenvalue weighted by Crippen LogP contribution is -1.85. The van der Waals surface area contributed by atoms with Crippen LogP contribution in [0.2, 0.25) is 0 Å². The van der Waals surface area contributed by atoms with E-state index in [-0.39, 0.29) is 5.82 Å². The van der Waals surface area contributed by atoms with Crippen LogP contribution in [0.3, 0.4) is 0 Å². The Morgan fingerprint density at radius 2 is 1.90 bits per heavy atom. The number of aryl methyl sites for hydroxylation is 1. The fraction of sp³-hybridized carbons (Fsp3) is 0.0714. The second-order valence-electron chi connectivity index (χ2n) is 4.28. The lowest BCUT2D eigenvalue weighted by molar-refractivity contribution is 0.619. The molecular formula is C14H10F2N4. The van der Waals surface area contributed by atoms with Gasteiger partial charge in [-0.05, 0) is 31.2 Å². The lowest BCUT2D eigenvalue weighted by atomic mass is 10.3. The van der Waals surface area contributed by atoms with Crippen LogP contribution in [0.1, 0.15) is 5.69 Å². The molecule has 0 aliphatic heterocycles. The summed E-state index contributed by atoms with van der Waals surface area (Å²) in [6.07, 6.45) is 1.29. The van der Waals surface area contributed by atoms with Gasteiger partial charge in [-0.15, -0.1) is 10.2 Å². The number of pyridine rings is 1. The zero-order valence-electron chi connectivity index (χ0n) is 10.6. The van der Waals surface area contributed by atoms with E-state index in [1.165, 1.54) is 28.8 Å². The van der Waals surface area contributed by atoms with Crippen LogP contribution in [-0.4, -0.2) is 9.38 Å². The molecule has 6 heteroatoms. The van der Waals surface area contributed by atoms with Crippen LogP contribution in [0, 0.1) is 18.6 Å². The third-order valence-electron chi connectivity index (χ3n) is 2.79. The van der Waals surface area contributed by atoms with Crippen LogP contribution < -0.4 is 0 Å². The SMILES string of the molecule is Cc1nc2ccc(F)cn2c1N=Nc1cccc(F)c1. The number of hydrogen-bond donors (Lipinski definition) is 0. The molecule has 0 aliphatic rings. The van der Waals surface area contributed by atoms with Crippen molar-refractivity contribution in [3.05, 3.63) is 59.9 Å². The number of benzene rings is 1. The molecule has 100 valence electrons.